The Balaban J connectivity index is 1.52. The molecule has 1 unspecified atom stereocenters. The summed E-state index contributed by atoms with van der Waals surface area (Å²) >= 11 is 0. The fourth-order valence-electron chi connectivity index (χ4n) is 3.70. The molecular formula is C17H12O7. The zero-order chi connectivity index (χ0) is 15.9. The van der Waals surface area contributed by atoms with E-state index in [1.165, 1.54) is 0 Å². The van der Waals surface area contributed by atoms with Crippen LogP contribution in [0.15, 0.2) is 24.3 Å². The summed E-state index contributed by atoms with van der Waals surface area (Å²) in [6, 6.07) is 7.15. The van der Waals surface area contributed by atoms with E-state index in [0.717, 1.165) is 5.56 Å². The highest BCUT2D eigenvalue weighted by molar-refractivity contribution is 5.63. The van der Waals surface area contributed by atoms with E-state index in [1.54, 1.807) is 18.2 Å². The number of fused-ring (bicyclic) bond motifs is 8. The normalized spacial score (nSPS) is 27.0. The van der Waals surface area contributed by atoms with Crippen LogP contribution in [-0.2, 0) is 5.60 Å². The van der Waals surface area contributed by atoms with Crippen LogP contribution < -0.4 is 28.4 Å². The Morgan fingerprint density at radius 3 is 2.54 bits per heavy atom. The molecular weight excluding hydrogens is 316 g/mol. The molecule has 2 atom stereocenters. The maximum absolute atomic E-state index is 11.3. The first-order valence-corrected chi connectivity index (χ1v) is 7.62. The summed E-state index contributed by atoms with van der Waals surface area (Å²) in [6.07, 6.45) is -0.590. The van der Waals surface area contributed by atoms with Gasteiger partial charge in [-0.3, -0.25) is 0 Å². The van der Waals surface area contributed by atoms with E-state index in [1.807, 2.05) is 6.07 Å². The molecule has 0 saturated heterocycles. The first-order chi connectivity index (χ1) is 11.7. The Kier molecular flexibility index (Phi) is 2.10. The average molecular weight is 328 g/mol. The number of ether oxygens (including phenoxy) is 6. The molecule has 4 aliphatic rings. The van der Waals surface area contributed by atoms with Crippen LogP contribution in [0.1, 0.15) is 17.2 Å². The lowest BCUT2D eigenvalue weighted by molar-refractivity contribution is -0.0870. The molecule has 1 N–H and O–H groups in total. The van der Waals surface area contributed by atoms with Crippen LogP contribution >= 0.6 is 0 Å². The van der Waals surface area contributed by atoms with Gasteiger partial charge in [-0.25, -0.2) is 0 Å². The van der Waals surface area contributed by atoms with Gasteiger partial charge < -0.3 is 33.5 Å². The van der Waals surface area contributed by atoms with Gasteiger partial charge in [-0.05, 0) is 18.2 Å². The predicted octanol–water partition coefficient (Wildman–Crippen LogP) is 1.86. The van der Waals surface area contributed by atoms with E-state index in [2.05, 4.69) is 0 Å². The Bertz CT molecular complexity index is 893. The molecule has 122 valence electrons. The van der Waals surface area contributed by atoms with E-state index in [9.17, 15) is 5.11 Å². The van der Waals surface area contributed by atoms with Crippen LogP contribution in [0.5, 0.6) is 34.5 Å². The Morgan fingerprint density at radius 2 is 1.62 bits per heavy atom. The van der Waals surface area contributed by atoms with Gasteiger partial charge in [0.2, 0.25) is 19.3 Å². The minimum Gasteiger partial charge on any atom is -0.486 e. The molecule has 7 nitrogen and oxygen atoms in total. The third-order valence-electron chi connectivity index (χ3n) is 4.86. The third kappa shape index (κ3) is 1.37. The maximum atomic E-state index is 11.3. The first kappa shape index (κ1) is 12.6. The highest BCUT2D eigenvalue weighted by Gasteiger charge is 2.54. The van der Waals surface area contributed by atoms with Crippen molar-refractivity contribution in [3.8, 4) is 34.5 Å². The molecule has 2 aromatic carbocycles. The van der Waals surface area contributed by atoms with Crippen molar-refractivity contribution in [3.63, 3.8) is 0 Å². The van der Waals surface area contributed by atoms with Gasteiger partial charge in [-0.1, -0.05) is 0 Å². The van der Waals surface area contributed by atoms with Gasteiger partial charge in [-0.15, -0.1) is 0 Å². The molecule has 7 heteroatoms. The minimum atomic E-state index is -1.29. The van der Waals surface area contributed by atoms with Gasteiger partial charge >= 0.3 is 0 Å². The summed E-state index contributed by atoms with van der Waals surface area (Å²) in [5.74, 6) is 3.54. The molecule has 0 radical (unpaired) electrons. The third-order valence-corrected chi connectivity index (χ3v) is 4.86. The average Bonchev–Trinajstić information content (AvgIpc) is 3.29. The van der Waals surface area contributed by atoms with Crippen molar-refractivity contribution in [3.05, 3.63) is 35.4 Å². The molecule has 0 amide bonds. The molecule has 0 bridgehead atoms. The van der Waals surface area contributed by atoms with Crippen LogP contribution in [-0.4, -0.2) is 25.3 Å². The first-order valence-electron chi connectivity index (χ1n) is 7.62. The van der Waals surface area contributed by atoms with Crippen molar-refractivity contribution in [1.29, 1.82) is 0 Å². The number of hydrogen-bond acceptors (Lipinski definition) is 7. The molecule has 4 heterocycles. The van der Waals surface area contributed by atoms with Crippen molar-refractivity contribution < 1.29 is 33.5 Å². The SMILES string of the molecule is OC12COc3c(ccc4c3OCO4)[C@@H]1Oc1cc3c(cc12)OCO3. The molecule has 0 saturated carbocycles. The summed E-state index contributed by atoms with van der Waals surface area (Å²) in [6.45, 7) is 0.382. The summed E-state index contributed by atoms with van der Waals surface area (Å²) in [5.41, 5.74) is 0.0723. The Hall–Kier alpha value is -2.80. The number of hydrogen-bond donors (Lipinski definition) is 1. The topological polar surface area (TPSA) is 75.6 Å². The van der Waals surface area contributed by atoms with E-state index in [-0.39, 0.29) is 20.2 Å². The molecule has 2 aromatic rings. The van der Waals surface area contributed by atoms with E-state index in [4.69, 9.17) is 28.4 Å². The molecule has 0 spiro atoms. The minimum absolute atomic E-state index is 0.0527. The van der Waals surface area contributed by atoms with Gasteiger partial charge in [-0.2, -0.15) is 0 Å². The second-order valence-corrected chi connectivity index (χ2v) is 6.13. The molecule has 0 aromatic heterocycles. The van der Waals surface area contributed by atoms with Crippen molar-refractivity contribution in [2.24, 2.45) is 0 Å². The quantitative estimate of drug-likeness (QED) is 0.791. The number of rotatable bonds is 0. The highest BCUT2D eigenvalue weighted by atomic mass is 16.7. The second kappa shape index (κ2) is 3.99. The molecule has 0 aliphatic carbocycles. The van der Waals surface area contributed by atoms with Crippen LogP contribution in [0.4, 0.5) is 0 Å². The smallest absolute Gasteiger partial charge is 0.231 e. The fraction of sp³-hybridized carbons (Fsp3) is 0.294. The van der Waals surface area contributed by atoms with Crippen LogP contribution in [0.25, 0.3) is 0 Å². The number of aliphatic hydroxyl groups is 1. The lowest BCUT2D eigenvalue weighted by Gasteiger charge is -2.35. The van der Waals surface area contributed by atoms with Crippen molar-refractivity contribution >= 4 is 0 Å². The van der Waals surface area contributed by atoms with Crippen LogP contribution in [0, 0.1) is 0 Å². The lowest BCUT2D eigenvalue weighted by atomic mass is 9.84. The van der Waals surface area contributed by atoms with Crippen molar-refractivity contribution in [2.45, 2.75) is 11.7 Å². The van der Waals surface area contributed by atoms with Gasteiger partial charge in [0.05, 0.1) is 0 Å². The summed E-state index contributed by atoms with van der Waals surface area (Å²) in [4.78, 5) is 0. The van der Waals surface area contributed by atoms with Crippen LogP contribution in [0.2, 0.25) is 0 Å². The molecule has 0 fully saturated rings. The summed E-state index contributed by atoms with van der Waals surface area (Å²) in [5, 5.41) is 11.3. The van der Waals surface area contributed by atoms with Crippen molar-refractivity contribution in [1.82, 2.24) is 0 Å². The predicted molar refractivity (Wildman–Crippen MR) is 77.9 cm³/mol. The maximum Gasteiger partial charge on any atom is 0.231 e. The Labute approximate surface area is 136 Å². The van der Waals surface area contributed by atoms with Gasteiger partial charge in [0.15, 0.2) is 34.7 Å². The lowest BCUT2D eigenvalue weighted by Crippen LogP contribution is -2.41. The van der Waals surface area contributed by atoms with Gasteiger partial charge in [0, 0.05) is 17.2 Å². The Morgan fingerprint density at radius 1 is 0.833 bits per heavy atom. The standard InChI is InChI=1S/C17H12O7/c18-17-5-19-14-8(1-2-10-15(14)23-7-20-10)16(17)24-11-4-13-12(3-9(11)17)21-6-22-13/h1-4,16,18H,5-7H2/t16-,17?/m0/s1. The van der Waals surface area contributed by atoms with Gasteiger partial charge in [0.25, 0.3) is 0 Å². The molecule has 24 heavy (non-hydrogen) atoms. The monoisotopic (exact) mass is 328 g/mol. The molecule has 6 rings (SSSR count). The van der Waals surface area contributed by atoms with Crippen molar-refractivity contribution in [2.75, 3.05) is 20.2 Å². The summed E-state index contributed by atoms with van der Waals surface area (Å²) < 4.78 is 33.6. The van der Waals surface area contributed by atoms with E-state index >= 15 is 0 Å². The fourth-order valence-corrected chi connectivity index (χ4v) is 3.70. The zero-order valence-electron chi connectivity index (χ0n) is 12.4. The van der Waals surface area contributed by atoms with E-state index < -0.39 is 11.7 Å². The zero-order valence-corrected chi connectivity index (χ0v) is 12.4. The second-order valence-electron chi connectivity index (χ2n) is 6.13. The van der Waals surface area contributed by atoms with Crippen LogP contribution in [0.3, 0.4) is 0 Å². The summed E-state index contributed by atoms with van der Waals surface area (Å²) in [7, 11) is 0. The van der Waals surface area contributed by atoms with E-state index in [0.29, 0.717) is 40.1 Å². The highest BCUT2D eigenvalue weighted by Crippen LogP contribution is 2.59. The molecule has 4 aliphatic heterocycles. The van der Waals surface area contributed by atoms with Gasteiger partial charge in [0.1, 0.15) is 12.4 Å². The number of benzene rings is 2. The largest absolute Gasteiger partial charge is 0.486 e.